The second-order valence-electron chi connectivity index (χ2n) is 11.5. The molecule has 0 saturated carbocycles. The number of hydrogen-bond acceptors (Lipinski definition) is 5. The van der Waals surface area contributed by atoms with E-state index in [4.69, 9.17) is 13.7 Å². The first kappa shape index (κ1) is 27.3. The Balaban J connectivity index is 2.10. The predicted octanol–water partition coefficient (Wildman–Crippen LogP) is 6.04. The first-order chi connectivity index (χ1) is 17.3. The van der Waals surface area contributed by atoms with Gasteiger partial charge in [-0.2, -0.15) is 0 Å². The highest BCUT2D eigenvalue weighted by atomic mass is 28.2. The van der Waals surface area contributed by atoms with E-state index in [1.165, 1.54) is 6.07 Å². The summed E-state index contributed by atoms with van der Waals surface area (Å²) in [6.45, 7) is 14.2. The quantitative estimate of drug-likeness (QED) is 0.166. The average Bonchev–Trinajstić information content (AvgIpc) is 3.06. The van der Waals surface area contributed by atoms with Gasteiger partial charge in [0, 0.05) is 6.07 Å². The zero-order valence-corrected chi connectivity index (χ0v) is 23.6. The fraction of sp³-hybridized carbons (Fsp3) is 0.379. The van der Waals surface area contributed by atoms with Crippen LogP contribution in [0.5, 0.6) is 0 Å². The van der Waals surface area contributed by atoms with Gasteiger partial charge in [-0.05, 0) is 49.3 Å². The van der Waals surface area contributed by atoms with Crippen molar-refractivity contribution in [2.24, 2.45) is 0 Å². The van der Waals surface area contributed by atoms with Crippen LogP contribution in [0.1, 0.15) is 65.2 Å². The third kappa shape index (κ3) is 5.16. The van der Waals surface area contributed by atoms with E-state index in [1.807, 2.05) is 94.4 Å². The van der Waals surface area contributed by atoms with Crippen molar-refractivity contribution in [1.82, 2.24) is 0 Å². The Bertz CT molecular complexity index is 1200. The van der Waals surface area contributed by atoms with Crippen LogP contribution >= 0.6 is 0 Å². The molecule has 37 heavy (non-hydrogen) atoms. The second-order valence-corrected chi connectivity index (χ2v) is 13.4. The minimum absolute atomic E-state index is 0.0397. The molecule has 1 aliphatic heterocycles. The molecule has 0 amide bonds. The molecule has 1 aliphatic rings. The molecule has 1 fully saturated rings. The van der Waals surface area contributed by atoms with Crippen LogP contribution in [0.25, 0.3) is 0 Å². The van der Waals surface area contributed by atoms with Gasteiger partial charge in [0.25, 0.3) is 5.69 Å². The Morgan fingerprint density at radius 1 is 0.811 bits per heavy atom. The zero-order chi connectivity index (χ0) is 27.1. The maximum atomic E-state index is 12.6. The molecule has 1 heterocycles. The van der Waals surface area contributed by atoms with E-state index in [2.05, 4.69) is 20.8 Å². The highest BCUT2D eigenvalue weighted by Crippen LogP contribution is 2.46. The molecular formula is C29H34BNO5Si. The standard InChI is InChI=1S/C29H34BNO5Si/c1-26(2,3)37-36-29(21-15-10-8-11-16-21,22-17-12-9-13-18-22)25-23(19-14-20-24(25)31(32)33)30-34-27(4,5)28(6,7)35-30/h8-20H,1-7H3. The molecule has 6 nitrogen and oxygen atoms in total. The highest BCUT2D eigenvalue weighted by molar-refractivity contribution is 6.63. The molecular weight excluding hydrogens is 481 g/mol. The van der Waals surface area contributed by atoms with Gasteiger partial charge in [-0.25, -0.2) is 0 Å². The molecule has 1 saturated heterocycles. The molecule has 192 valence electrons. The van der Waals surface area contributed by atoms with E-state index >= 15 is 0 Å². The van der Waals surface area contributed by atoms with Gasteiger partial charge in [0.05, 0.1) is 21.7 Å². The first-order valence-electron chi connectivity index (χ1n) is 12.5. The van der Waals surface area contributed by atoms with E-state index < -0.39 is 23.9 Å². The van der Waals surface area contributed by atoms with E-state index in [0.717, 1.165) is 11.1 Å². The summed E-state index contributed by atoms with van der Waals surface area (Å²) in [5.41, 5.74) is 0.0445. The molecule has 0 aromatic heterocycles. The molecule has 3 aromatic rings. The lowest BCUT2D eigenvalue weighted by Crippen LogP contribution is -2.46. The van der Waals surface area contributed by atoms with Crippen LogP contribution in [0.2, 0.25) is 5.04 Å². The van der Waals surface area contributed by atoms with E-state index in [1.54, 1.807) is 6.07 Å². The third-order valence-corrected chi connectivity index (χ3v) is 8.02. The van der Waals surface area contributed by atoms with E-state index in [-0.39, 0.29) is 25.4 Å². The van der Waals surface area contributed by atoms with Crippen molar-refractivity contribution in [3.8, 4) is 0 Å². The van der Waals surface area contributed by atoms with E-state index in [9.17, 15) is 10.1 Å². The molecule has 4 rings (SSSR count). The zero-order valence-electron chi connectivity index (χ0n) is 22.6. The average molecular weight is 515 g/mol. The van der Waals surface area contributed by atoms with Crippen molar-refractivity contribution < 1.29 is 18.7 Å². The molecule has 0 spiro atoms. The Labute approximate surface area is 222 Å². The van der Waals surface area contributed by atoms with Gasteiger partial charge in [0.15, 0.2) is 0 Å². The monoisotopic (exact) mass is 515 g/mol. The maximum Gasteiger partial charge on any atom is 0.495 e. The Kier molecular flexibility index (Phi) is 7.25. The summed E-state index contributed by atoms with van der Waals surface area (Å²) in [5.74, 6) is 0. The summed E-state index contributed by atoms with van der Waals surface area (Å²) in [6.07, 6.45) is 0. The molecule has 0 atom stereocenters. The molecule has 0 N–H and O–H groups in total. The summed E-state index contributed by atoms with van der Waals surface area (Å²) >= 11 is 0. The van der Waals surface area contributed by atoms with Crippen LogP contribution in [0.15, 0.2) is 78.9 Å². The summed E-state index contributed by atoms with van der Waals surface area (Å²) < 4.78 is 19.8. The number of nitrogens with zero attached hydrogens (tertiary/aromatic N) is 1. The lowest BCUT2D eigenvalue weighted by molar-refractivity contribution is -0.386. The SMILES string of the molecule is CC(C)(C)[Si]OC(c1ccccc1)(c1ccccc1)c1c(B2OC(C)(C)C(C)(C)O2)cccc1[N+](=O)[O-]. The lowest BCUT2D eigenvalue weighted by atomic mass is 9.68. The van der Waals surface area contributed by atoms with Crippen molar-refractivity contribution >= 4 is 28.0 Å². The van der Waals surface area contributed by atoms with Crippen LogP contribution in [0.3, 0.4) is 0 Å². The Morgan fingerprint density at radius 3 is 1.73 bits per heavy atom. The fourth-order valence-electron chi connectivity index (χ4n) is 4.46. The van der Waals surface area contributed by atoms with Gasteiger partial charge in [-0.3, -0.25) is 10.1 Å². The Morgan fingerprint density at radius 2 is 1.30 bits per heavy atom. The van der Waals surface area contributed by atoms with Gasteiger partial charge in [-0.1, -0.05) is 93.6 Å². The van der Waals surface area contributed by atoms with Crippen LogP contribution in [0.4, 0.5) is 5.69 Å². The second kappa shape index (κ2) is 9.83. The fourth-order valence-corrected chi connectivity index (χ4v) is 5.26. The van der Waals surface area contributed by atoms with Crippen molar-refractivity contribution in [1.29, 1.82) is 0 Å². The van der Waals surface area contributed by atoms with E-state index in [0.29, 0.717) is 11.0 Å². The molecule has 0 aliphatic carbocycles. The summed E-state index contributed by atoms with van der Waals surface area (Å²) in [5, 5.41) is 12.4. The topological polar surface area (TPSA) is 70.8 Å². The van der Waals surface area contributed by atoms with Crippen LogP contribution in [0, 0.1) is 10.1 Å². The number of nitro benzene ring substituents is 1. The maximum absolute atomic E-state index is 12.6. The summed E-state index contributed by atoms with van der Waals surface area (Å²) in [4.78, 5) is 12.3. The predicted molar refractivity (Wildman–Crippen MR) is 148 cm³/mol. The Hall–Kier alpha value is -2.78. The number of nitro groups is 1. The van der Waals surface area contributed by atoms with Crippen molar-refractivity contribution in [3.05, 3.63) is 106 Å². The lowest BCUT2D eigenvalue weighted by Gasteiger charge is -2.38. The van der Waals surface area contributed by atoms with Crippen molar-refractivity contribution in [3.63, 3.8) is 0 Å². The normalized spacial score (nSPS) is 17.1. The van der Waals surface area contributed by atoms with Crippen LogP contribution in [-0.2, 0) is 19.3 Å². The van der Waals surface area contributed by atoms with Crippen molar-refractivity contribution in [2.45, 2.75) is 70.3 Å². The third-order valence-electron chi connectivity index (χ3n) is 7.00. The highest BCUT2D eigenvalue weighted by Gasteiger charge is 2.55. The summed E-state index contributed by atoms with van der Waals surface area (Å²) in [6, 6.07) is 24.5. The van der Waals surface area contributed by atoms with Gasteiger partial charge in [-0.15, -0.1) is 0 Å². The van der Waals surface area contributed by atoms with Gasteiger partial charge in [0.2, 0.25) is 9.76 Å². The van der Waals surface area contributed by atoms with Crippen LogP contribution < -0.4 is 5.46 Å². The summed E-state index contributed by atoms with van der Waals surface area (Å²) in [7, 11) is -0.772. The minimum Gasteiger partial charge on any atom is -0.399 e. The minimum atomic E-state index is -1.28. The number of benzene rings is 3. The van der Waals surface area contributed by atoms with Gasteiger partial charge >= 0.3 is 7.12 Å². The van der Waals surface area contributed by atoms with Crippen LogP contribution in [-0.4, -0.2) is 33.0 Å². The number of hydrogen-bond donors (Lipinski definition) is 0. The van der Waals surface area contributed by atoms with Crippen molar-refractivity contribution in [2.75, 3.05) is 0 Å². The van der Waals surface area contributed by atoms with Gasteiger partial charge < -0.3 is 13.7 Å². The molecule has 3 aromatic carbocycles. The smallest absolute Gasteiger partial charge is 0.399 e. The molecule has 0 unspecified atom stereocenters. The first-order valence-corrected chi connectivity index (χ1v) is 13.4. The molecule has 0 bridgehead atoms. The van der Waals surface area contributed by atoms with Gasteiger partial charge in [0.1, 0.15) is 5.60 Å². The number of rotatable bonds is 7. The largest absolute Gasteiger partial charge is 0.495 e. The molecule has 2 radical (unpaired) electrons. The molecule has 8 heteroatoms.